The molecule has 0 spiro atoms. The van der Waals surface area contributed by atoms with E-state index in [1.807, 2.05) is 0 Å². The van der Waals surface area contributed by atoms with Gasteiger partial charge in [0.2, 0.25) is 0 Å². The molecule has 0 heterocycles. The normalized spacial score (nSPS) is 6.83. The summed E-state index contributed by atoms with van der Waals surface area (Å²) >= 11 is 0. The number of hydrogen-bond acceptors (Lipinski definition) is 4. The second-order valence-electron chi connectivity index (χ2n) is 0.507. The molecule has 5 nitrogen and oxygen atoms in total. The summed E-state index contributed by atoms with van der Waals surface area (Å²) in [6, 6.07) is 0. The van der Waals surface area contributed by atoms with E-state index in [1.54, 1.807) is 5.29 Å². The molecule has 0 rings (SSSR count). The van der Waals surface area contributed by atoms with Crippen LogP contribution in [0.15, 0.2) is 5.29 Å². The Kier molecular flexibility index (Phi) is 1.91. The fourth-order valence-electron chi connectivity index (χ4n) is 0.0192. The molecular weight excluding hydrogens is 88.0 g/mol. The molecule has 34 valence electrons. The van der Waals surface area contributed by atoms with Gasteiger partial charge in [-0.25, -0.2) is 0 Å². The SMILES string of the molecule is O=CN(O)N=O. The summed E-state index contributed by atoms with van der Waals surface area (Å²) in [5, 5.41) is 9.07. The van der Waals surface area contributed by atoms with Crippen LogP contribution in [0.1, 0.15) is 0 Å². The van der Waals surface area contributed by atoms with E-state index >= 15 is 0 Å². The maximum Gasteiger partial charge on any atom is 0.260 e. The average molecular weight is 90.0 g/mol. The molecule has 0 atom stereocenters. The number of carbonyl (C=O) groups excluding carboxylic acids is 1. The number of amides is 1. The van der Waals surface area contributed by atoms with Crippen molar-refractivity contribution >= 4 is 6.41 Å². The minimum atomic E-state index is -0.361. The number of hydroxylamine groups is 1. The lowest BCUT2D eigenvalue weighted by Crippen LogP contribution is -2.05. The van der Waals surface area contributed by atoms with E-state index < -0.39 is 0 Å². The van der Waals surface area contributed by atoms with Crippen LogP contribution < -0.4 is 0 Å². The Bertz CT molecular complexity index is 53.8. The van der Waals surface area contributed by atoms with Crippen molar-refractivity contribution < 1.29 is 10.0 Å². The highest BCUT2D eigenvalue weighted by molar-refractivity contribution is 5.43. The van der Waals surface area contributed by atoms with Gasteiger partial charge in [0.1, 0.15) is 0 Å². The summed E-state index contributed by atoms with van der Waals surface area (Å²) in [5.74, 6) is 0. The Morgan fingerprint density at radius 3 is 2.33 bits per heavy atom. The average Bonchev–Trinajstić information content (AvgIpc) is 1.65. The highest BCUT2D eigenvalue weighted by Gasteiger charge is 1.83. The Morgan fingerprint density at radius 2 is 2.33 bits per heavy atom. The van der Waals surface area contributed by atoms with Crippen molar-refractivity contribution in [1.29, 1.82) is 0 Å². The molecule has 6 heavy (non-hydrogen) atoms. The van der Waals surface area contributed by atoms with E-state index in [2.05, 4.69) is 0 Å². The van der Waals surface area contributed by atoms with Crippen molar-refractivity contribution in [1.82, 2.24) is 5.17 Å². The molecule has 0 saturated carbocycles. The Balaban J connectivity index is 3.21. The first kappa shape index (κ1) is 5.03. The van der Waals surface area contributed by atoms with E-state index in [0.717, 1.165) is 0 Å². The molecule has 0 aromatic heterocycles. The zero-order valence-electron chi connectivity index (χ0n) is 2.74. The van der Waals surface area contributed by atoms with Crippen LogP contribution in [0.5, 0.6) is 0 Å². The summed E-state index contributed by atoms with van der Waals surface area (Å²) in [4.78, 5) is 18.0. The van der Waals surface area contributed by atoms with E-state index in [4.69, 9.17) is 14.9 Å². The maximum absolute atomic E-state index is 9.12. The Hall–Kier alpha value is -0.970. The summed E-state index contributed by atoms with van der Waals surface area (Å²) < 4.78 is 0. The van der Waals surface area contributed by atoms with Crippen LogP contribution in [0.3, 0.4) is 0 Å². The smallest absolute Gasteiger partial charge is 0.260 e. The zero-order valence-corrected chi connectivity index (χ0v) is 2.74. The number of carbonyl (C=O) groups is 1. The summed E-state index contributed by atoms with van der Waals surface area (Å²) in [5.41, 5.74) is 0. The Labute approximate surface area is 33.1 Å². The third kappa shape index (κ3) is 1.36. The minimum Gasteiger partial charge on any atom is -0.274 e. The van der Waals surface area contributed by atoms with Crippen molar-refractivity contribution in [2.45, 2.75) is 0 Å². The van der Waals surface area contributed by atoms with Crippen molar-refractivity contribution in [3.63, 3.8) is 0 Å². The van der Waals surface area contributed by atoms with Crippen LogP contribution in [0.25, 0.3) is 0 Å². The lowest BCUT2D eigenvalue weighted by atomic mass is 11.4. The predicted molar refractivity (Wildman–Crippen MR) is 15.5 cm³/mol. The number of hydrogen-bond donors (Lipinski definition) is 1. The van der Waals surface area contributed by atoms with E-state index in [9.17, 15) is 0 Å². The topological polar surface area (TPSA) is 70.0 Å². The molecular formula is CH2N2O3. The lowest BCUT2D eigenvalue weighted by Gasteiger charge is -1.86. The molecule has 5 heteroatoms. The lowest BCUT2D eigenvalue weighted by molar-refractivity contribution is -0.150. The first-order valence-corrected chi connectivity index (χ1v) is 1.08. The molecule has 0 aliphatic rings. The molecule has 0 aliphatic heterocycles. The number of nitrogens with zero attached hydrogens (tertiary/aromatic N) is 2. The van der Waals surface area contributed by atoms with Gasteiger partial charge in [0, 0.05) is 0 Å². The van der Waals surface area contributed by atoms with Gasteiger partial charge in [-0.15, -0.1) is 4.91 Å². The van der Waals surface area contributed by atoms with Gasteiger partial charge >= 0.3 is 0 Å². The monoisotopic (exact) mass is 90.0 g/mol. The molecule has 0 unspecified atom stereocenters. The van der Waals surface area contributed by atoms with Gasteiger partial charge < -0.3 is 0 Å². The molecule has 0 aromatic rings. The fourth-order valence-corrected chi connectivity index (χ4v) is 0.0192. The quantitative estimate of drug-likeness (QED) is 0.215. The van der Waals surface area contributed by atoms with Gasteiger partial charge in [-0.3, -0.25) is 10.0 Å². The fraction of sp³-hybridized carbons (Fsp3) is 0. The van der Waals surface area contributed by atoms with E-state index in [0.29, 0.717) is 0 Å². The minimum absolute atomic E-state index is 0.118. The van der Waals surface area contributed by atoms with Crippen LogP contribution in [0.2, 0.25) is 0 Å². The molecule has 0 radical (unpaired) electrons. The molecule has 1 amide bonds. The standard InChI is InChI=1S/CH2N2O3/c4-1-3(6)2-5/h1,6H. The maximum atomic E-state index is 9.12. The van der Waals surface area contributed by atoms with Crippen molar-refractivity contribution in [3.05, 3.63) is 4.91 Å². The van der Waals surface area contributed by atoms with Crippen molar-refractivity contribution in [3.8, 4) is 0 Å². The van der Waals surface area contributed by atoms with Crippen LogP contribution in [-0.4, -0.2) is 16.8 Å². The van der Waals surface area contributed by atoms with Gasteiger partial charge in [0.25, 0.3) is 6.41 Å². The van der Waals surface area contributed by atoms with E-state index in [-0.39, 0.29) is 11.6 Å². The summed E-state index contributed by atoms with van der Waals surface area (Å²) in [7, 11) is 0. The molecule has 0 fully saturated rings. The number of nitroso groups, excluding NO2 is 1. The van der Waals surface area contributed by atoms with Crippen molar-refractivity contribution in [2.75, 3.05) is 0 Å². The van der Waals surface area contributed by atoms with Crippen LogP contribution >= 0.6 is 0 Å². The zero-order chi connectivity index (χ0) is 4.99. The first-order chi connectivity index (χ1) is 2.81. The number of rotatable bonds is 2. The Morgan fingerprint density at radius 1 is 1.83 bits per heavy atom. The highest BCUT2D eigenvalue weighted by Crippen LogP contribution is 1.66. The molecule has 0 saturated heterocycles. The van der Waals surface area contributed by atoms with Gasteiger partial charge in [-0.2, -0.15) is 0 Å². The van der Waals surface area contributed by atoms with Crippen LogP contribution in [0.4, 0.5) is 0 Å². The molecule has 0 aromatic carbocycles. The first-order valence-electron chi connectivity index (χ1n) is 1.08. The highest BCUT2D eigenvalue weighted by atomic mass is 16.6. The second kappa shape index (κ2) is 2.28. The molecule has 0 aliphatic carbocycles. The van der Waals surface area contributed by atoms with Crippen LogP contribution in [-0.2, 0) is 4.79 Å². The summed E-state index contributed by atoms with van der Waals surface area (Å²) in [6.07, 6.45) is -0.118. The third-order valence-corrected chi connectivity index (χ3v) is 0.178. The summed E-state index contributed by atoms with van der Waals surface area (Å²) in [6.45, 7) is 0. The largest absolute Gasteiger partial charge is 0.274 e. The van der Waals surface area contributed by atoms with Crippen LogP contribution in [0, 0.1) is 4.91 Å². The molecule has 0 bridgehead atoms. The third-order valence-electron chi connectivity index (χ3n) is 0.178. The molecule has 1 N–H and O–H groups in total. The van der Waals surface area contributed by atoms with Gasteiger partial charge in [0.05, 0.1) is 5.29 Å². The van der Waals surface area contributed by atoms with Gasteiger partial charge in [-0.05, 0) is 0 Å². The predicted octanol–water partition coefficient (Wildman–Crippen LogP) is -0.485. The van der Waals surface area contributed by atoms with E-state index in [1.165, 1.54) is 0 Å². The van der Waals surface area contributed by atoms with Gasteiger partial charge in [-0.1, -0.05) is 5.17 Å². The second-order valence-corrected chi connectivity index (χ2v) is 0.507. The van der Waals surface area contributed by atoms with Crippen molar-refractivity contribution in [2.24, 2.45) is 5.29 Å². The van der Waals surface area contributed by atoms with Gasteiger partial charge in [0.15, 0.2) is 0 Å².